The second kappa shape index (κ2) is 3.58. The van der Waals surface area contributed by atoms with Gasteiger partial charge in [0.2, 0.25) is 0 Å². The standard InChI is InChI=1S/C14H24NO/c1-3-12(9-16)15(2)7-13-10-4-5-11(6-10)14(13)8-15/h4-5,10-14,16H,3,6-9H2,1-2H3/q+1/t10-,11+,12-,13?,14?,15?/m0/s1. The van der Waals surface area contributed by atoms with Crippen molar-refractivity contribution in [1.29, 1.82) is 0 Å². The third kappa shape index (κ3) is 1.32. The third-order valence-electron chi connectivity index (χ3n) is 5.62. The van der Waals surface area contributed by atoms with Crippen LogP contribution in [0.4, 0.5) is 0 Å². The smallest absolute Gasteiger partial charge is 0.112 e. The lowest BCUT2D eigenvalue weighted by atomic mass is 9.86. The van der Waals surface area contributed by atoms with Crippen molar-refractivity contribution in [2.75, 3.05) is 26.7 Å². The highest BCUT2D eigenvalue weighted by Gasteiger charge is 2.56. The van der Waals surface area contributed by atoms with Crippen LogP contribution in [0.1, 0.15) is 19.8 Å². The Labute approximate surface area is 98.5 Å². The fourth-order valence-electron chi connectivity index (χ4n) is 4.67. The van der Waals surface area contributed by atoms with Crippen LogP contribution in [0.15, 0.2) is 12.2 Å². The normalized spacial score (nSPS) is 50.9. The van der Waals surface area contributed by atoms with Gasteiger partial charge >= 0.3 is 0 Å². The fraction of sp³-hybridized carbons (Fsp3) is 0.857. The highest BCUT2D eigenvalue weighted by atomic mass is 16.3. The first-order valence-electron chi connectivity index (χ1n) is 6.81. The predicted octanol–water partition coefficient (Wildman–Crippen LogP) is 1.66. The summed E-state index contributed by atoms with van der Waals surface area (Å²) in [6.45, 7) is 5.17. The molecule has 0 spiro atoms. The van der Waals surface area contributed by atoms with E-state index in [1.165, 1.54) is 19.5 Å². The highest BCUT2D eigenvalue weighted by molar-refractivity contribution is 5.14. The summed E-state index contributed by atoms with van der Waals surface area (Å²) in [6.07, 6.45) is 7.45. The van der Waals surface area contributed by atoms with Crippen LogP contribution in [0.2, 0.25) is 0 Å². The van der Waals surface area contributed by atoms with Gasteiger partial charge in [-0.2, -0.15) is 0 Å². The van der Waals surface area contributed by atoms with Crippen LogP contribution in [0.25, 0.3) is 0 Å². The van der Waals surface area contributed by atoms with Gasteiger partial charge in [-0.3, -0.25) is 0 Å². The highest BCUT2D eigenvalue weighted by Crippen LogP contribution is 2.53. The van der Waals surface area contributed by atoms with E-state index >= 15 is 0 Å². The molecule has 1 saturated heterocycles. The van der Waals surface area contributed by atoms with Crippen molar-refractivity contribution in [2.24, 2.45) is 23.7 Å². The van der Waals surface area contributed by atoms with Crippen molar-refractivity contribution in [3.05, 3.63) is 12.2 Å². The molecule has 0 amide bonds. The minimum Gasteiger partial charge on any atom is -0.390 e. The molecular formula is C14H24NO+. The summed E-state index contributed by atoms with van der Waals surface area (Å²) in [5.41, 5.74) is 0. The Morgan fingerprint density at radius 3 is 2.25 bits per heavy atom. The molecule has 2 nitrogen and oxygen atoms in total. The topological polar surface area (TPSA) is 20.2 Å². The zero-order valence-corrected chi connectivity index (χ0v) is 10.5. The summed E-state index contributed by atoms with van der Waals surface area (Å²) in [5, 5.41) is 9.53. The first-order chi connectivity index (χ1) is 7.68. The molecule has 6 atom stereocenters. The monoisotopic (exact) mass is 222 g/mol. The van der Waals surface area contributed by atoms with Crippen LogP contribution < -0.4 is 0 Å². The molecule has 90 valence electrons. The Morgan fingerprint density at radius 1 is 1.25 bits per heavy atom. The van der Waals surface area contributed by atoms with E-state index in [-0.39, 0.29) is 0 Å². The first-order valence-corrected chi connectivity index (χ1v) is 6.81. The van der Waals surface area contributed by atoms with E-state index in [9.17, 15) is 5.11 Å². The maximum absolute atomic E-state index is 9.53. The molecule has 3 unspecified atom stereocenters. The number of rotatable bonds is 3. The molecule has 0 aromatic heterocycles. The number of aliphatic hydroxyl groups excluding tert-OH is 1. The van der Waals surface area contributed by atoms with Gasteiger partial charge in [-0.15, -0.1) is 0 Å². The van der Waals surface area contributed by atoms with Crippen LogP contribution in [-0.2, 0) is 0 Å². The summed E-state index contributed by atoms with van der Waals surface area (Å²) in [4.78, 5) is 0. The second-order valence-corrected chi connectivity index (χ2v) is 6.37. The van der Waals surface area contributed by atoms with Gasteiger partial charge in [0.1, 0.15) is 6.04 Å². The molecular weight excluding hydrogens is 198 g/mol. The maximum atomic E-state index is 9.53. The summed E-state index contributed by atoms with van der Waals surface area (Å²) >= 11 is 0. The summed E-state index contributed by atoms with van der Waals surface area (Å²) in [6, 6.07) is 0.463. The predicted molar refractivity (Wildman–Crippen MR) is 64.8 cm³/mol. The Kier molecular flexibility index (Phi) is 2.41. The summed E-state index contributed by atoms with van der Waals surface area (Å²) in [7, 11) is 2.36. The van der Waals surface area contributed by atoms with Gasteiger partial charge in [0, 0.05) is 11.8 Å². The number of likely N-dealkylation sites (tertiary alicyclic amines) is 1. The van der Waals surface area contributed by atoms with Crippen molar-refractivity contribution >= 4 is 0 Å². The van der Waals surface area contributed by atoms with E-state index in [0.717, 1.165) is 34.6 Å². The number of quaternary nitrogens is 1. The van der Waals surface area contributed by atoms with Gasteiger partial charge in [-0.05, 0) is 24.7 Å². The van der Waals surface area contributed by atoms with E-state index in [4.69, 9.17) is 0 Å². The van der Waals surface area contributed by atoms with E-state index in [1.54, 1.807) is 0 Å². The zero-order chi connectivity index (χ0) is 11.3. The number of aliphatic hydroxyl groups is 1. The SMILES string of the molecule is CC[C@@H](CO)[N+]1(C)CC2C(C1)[C@H]1C=C[C@@H]2C1. The van der Waals surface area contributed by atoms with E-state index in [2.05, 4.69) is 26.1 Å². The average Bonchev–Trinajstić information content (AvgIpc) is 2.89. The molecule has 1 N–H and O–H groups in total. The van der Waals surface area contributed by atoms with Crippen LogP contribution in [0.5, 0.6) is 0 Å². The van der Waals surface area contributed by atoms with E-state index in [1.807, 2.05) is 0 Å². The first kappa shape index (κ1) is 10.8. The van der Waals surface area contributed by atoms with E-state index < -0.39 is 0 Å². The van der Waals surface area contributed by atoms with Crippen LogP contribution in [0.3, 0.4) is 0 Å². The van der Waals surface area contributed by atoms with Crippen molar-refractivity contribution in [3.8, 4) is 0 Å². The lowest BCUT2D eigenvalue weighted by molar-refractivity contribution is -0.925. The molecule has 2 bridgehead atoms. The van der Waals surface area contributed by atoms with Crippen molar-refractivity contribution < 1.29 is 9.59 Å². The molecule has 0 aromatic rings. The van der Waals surface area contributed by atoms with E-state index in [0.29, 0.717) is 12.6 Å². The average molecular weight is 222 g/mol. The van der Waals surface area contributed by atoms with Crippen molar-refractivity contribution in [2.45, 2.75) is 25.8 Å². The van der Waals surface area contributed by atoms with Crippen molar-refractivity contribution in [3.63, 3.8) is 0 Å². The Morgan fingerprint density at radius 2 is 1.81 bits per heavy atom. The molecule has 16 heavy (non-hydrogen) atoms. The molecule has 1 saturated carbocycles. The number of fused-ring (bicyclic) bond motifs is 5. The van der Waals surface area contributed by atoms with Gasteiger partial charge in [0.15, 0.2) is 0 Å². The lowest BCUT2D eigenvalue weighted by Crippen LogP contribution is -2.52. The molecule has 2 fully saturated rings. The van der Waals surface area contributed by atoms with Gasteiger partial charge in [0.25, 0.3) is 0 Å². The Balaban J connectivity index is 1.79. The van der Waals surface area contributed by atoms with Crippen LogP contribution in [0, 0.1) is 23.7 Å². The zero-order valence-electron chi connectivity index (χ0n) is 10.5. The number of likely N-dealkylation sites (N-methyl/N-ethyl adjacent to an activating group) is 1. The van der Waals surface area contributed by atoms with Gasteiger partial charge in [-0.25, -0.2) is 0 Å². The Hall–Kier alpha value is -0.340. The molecule has 0 aromatic carbocycles. The molecule has 1 heterocycles. The van der Waals surface area contributed by atoms with Gasteiger partial charge in [0.05, 0.1) is 26.7 Å². The largest absolute Gasteiger partial charge is 0.390 e. The van der Waals surface area contributed by atoms with Crippen molar-refractivity contribution in [1.82, 2.24) is 0 Å². The minimum atomic E-state index is 0.356. The third-order valence-corrected chi connectivity index (χ3v) is 5.62. The fourth-order valence-corrected chi connectivity index (χ4v) is 4.67. The number of hydrogen-bond acceptors (Lipinski definition) is 1. The molecule has 0 radical (unpaired) electrons. The minimum absolute atomic E-state index is 0.356. The van der Waals surface area contributed by atoms with Crippen LogP contribution in [-0.4, -0.2) is 42.4 Å². The Bertz CT molecular complexity index is 288. The number of allylic oxidation sites excluding steroid dienone is 2. The van der Waals surface area contributed by atoms with Gasteiger partial charge < -0.3 is 9.59 Å². The molecule has 1 aliphatic heterocycles. The summed E-state index contributed by atoms with van der Waals surface area (Å²) < 4.78 is 1.12. The molecule has 2 heteroatoms. The maximum Gasteiger partial charge on any atom is 0.112 e. The second-order valence-electron chi connectivity index (χ2n) is 6.37. The quantitative estimate of drug-likeness (QED) is 0.569. The molecule has 2 aliphatic carbocycles. The lowest BCUT2D eigenvalue weighted by Gasteiger charge is -2.38. The van der Waals surface area contributed by atoms with Crippen LogP contribution >= 0.6 is 0 Å². The van der Waals surface area contributed by atoms with Gasteiger partial charge in [-0.1, -0.05) is 19.1 Å². The number of hydrogen-bond donors (Lipinski definition) is 1. The number of nitrogens with zero attached hydrogens (tertiary/aromatic N) is 1. The summed E-state index contributed by atoms with van der Waals surface area (Å²) in [5.74, 6) is 3.57. The molecule has 3 rings (SSSR count). The molecule has 3 aliphatic rings.